The summed E-state index contributed by atoms with van der Waals surface area (Å²) >= 11 is 0. The van der Waals surface area contributed by atoms with Gasteiger partial charge in [-0.3, -0.25) is 4.79 Å². The van der Waals surface area contributed by atoms with Gasteiger partial charge in [0.2, 0.25) is 5.91 Å². The minimum atomic E-state index is -1.09. The molecule has 0 saturated carbocycles. The zero-order valence-electron chi connectivity index (χ0n) is 17.3. The highest BCUT2D eigenvalue weighted by Crippen LogP contribution is 2.30. The molecule has 6 heteroatoms. The van der Waals surface area contributed by atoms with Gasteiger partial charge in [-0.2, -0.15) is 0 Å². The van der Waals surface area contributed by atoms with Crippen LogP contribution in [0.25, 0.3) is 0 Å². The Morgan fingerprint density at radius 3 is 1.87 bits per heavy atom. The predicted octanol–water partition coefficient (Wildman–Crippen LogP) is 3.98. The first-order valence-electron chi connectivity index (χ1n) is 9.97. The molecule has 3 aromatic rings. The maximum absolute atomic E-state index is 11.5. The fourth-order valence-corrected chi connectivity index (χ4v) is 3.06. The third kappa shape index (κ3) is 6.89. The number of aliphatic carboxylic acids is 1. The van der Waals surface area contributed by atoms with E-state index in [-0.39, 0.29) is 6.42 Å². The van der Waals surface area contributed by atoms with Crippen molar-refractivity contribution in [2.24, 2.45) is 0 Å². The number of carboxylic acid groups (broad SMARTS) is 1. The van der Waals surface area contributed by atoms with Crippen molar-refractivity contribution in [1.29, 1.82) is 0 Å². The molecular formula is C25H25NO5. The molecule has 1 atom stereocenters. The summed E-state index contributed by atoms with van der Waals surface area (Å²) in [6.07, 6.45) is 0.134. The number of carboxylic acids is 1. The normalized spacial score (nSPS) is 11.4. The van der Waals surface area contributed by atoms with Crippen molar-refractivity contribution in [3.8, 4) is 11.5 Å². The molecule has 0 bridgehead atoms. The van der Waals surface area contributed by atoms with Gasteiger partial charge in [-0.1, -0.05) is 66.7 Å². The first-order valence-corrected chi connectivity index (χ1v) is 9.97. The van der Waals surface area contributed by atoms with Crippen molar-refractivity contribution in [2.75, 3.05) is 0 Å². The summed E-state index contributed by atoms with van der Waals surface area (Å²) in [5.41, 5.74) is 2.75. The molecule has 0 heterocycles. The van der Waals surface area contributed by atoms with Gasteiger partial charge in [0, 0.05) is 13.3 Å². The zero-order chi connectivity index (χ0) is 22.1. The van der Waals surface area contributed by atoms with E-state index in [2.05, 4.69) is 5.32 Å². The topological polar surface area (TPSA) is 84.9 Å². The Morgan fingerprint density at radius 2 is 1.35 bits per heavy atom. The molecule has 3 aromatic carbocycles. The molecule has 0 aromatic heterocycles. The lowest BCUT2D eigenvalue weighted by Crippen LogP contribution is -2.41. The highest BCUT2D eigenvalue weighted by Gasteiger charge is 2.20. The zero-order valence-corrected chi connectivity index (χ0v) is 17.3. The second kappa shape index (κ2) is 10.8. The summed E-state index contributed by atoms with van der Waals surface area (Å²) < 4.78 is 12.0. The van der Waals surface area contributed by atoms with E-state index in [1.807, 2.05) is 60.7 Å². The van der Waals surface area contributed by atoms with E-state index < -0.39 is 17.9 Å². The molecule has 0 saturated heterocycles. The van der Waals surface area contributed by atoms with Crippen LogP contribution in [-0.4, -0.2) is 23.0 Å². The number of ether oxygens (including phenoxy) is 2. The van der Waals surface area contributed by atoms with Crippen molar-refractivity contribution in [2.45, 2.75) is 32.6 Å². The number of amides is 1. The fourth-order valence-electron chi connectivity index (χ4n) is 3.06. The monoisotopic (exact) mass is 419 g/mol. The second-order valence-corrected chi connectivity index (χ2v) is 7.13. The minimum Gasteiger partial charge on any atom is -0.485 e. The van der Waals surface area contributed by atoms with Crippen LogP contribution >= 0.6 is 0 Å². The Morgan fingerprint density at radius 1 is 0.806 bits per heavy atom. The van der Waals surface area contributed by atoms with Gasteiger partial charge < -0.3 is 19.9 Å². The van der Waals surface area contributed by atoms with E-state index in [9.17, 15) is 14.7 Å². The van der Waals surface area contributed by atoms with Crippen LogP contribution in [0.2, 0.25) is 0 Å². The summed E-state index contributed by atoms with van der Waals surface area (Å²) in [4.78, 5) is 22.8. The van der Waals surface area contributed by atoms with Crippen LogP contribution in [0.15, 0.2) is 78.9 Å². The van der Waals surface area contributed by atoms with E-state index in [0.29, 0.717) is 24.7 Å². The maximum atomic E-state index is 11.5. The Labute approximate surface area is 181 Å². The van der Waals surface area contributed by atoms with Crippen LogP contribution in [0, 0.1) is 0 Å². The first-order chi connectivity index (χ1) is 15.0. The van der Waals surface area contributed by atoms with Gasteiger partial charge in [-0.15, -0.1) is 0 Å². The molecule has 0 aliphatic heterocycles. The Bertz CT molecular complexity index is 1000. The number of nitrogens with one attached hydrogen (secondary N) is 1. The van der Waals surface area contributed by atoms with Gasteiger partial charge in [0.1, 0.15) is 19.3 Å². The van der Waals surface area contributed by atoms with Crippen molar-refractivity contribution >= 4 is 11.9 Å². The summed E-state index contributed by atoms with van der Waals surface area (Å²) in [6.45, 7) is 2.02. The molecule has 0 aliphatic rings. The Hall–Kier alpha value is -3.80. The van der Waals surface area contributed by atoms with Gasteiger partial charge in [-0.05, 0) is 28.8 Å². The predicted molar refractivity (Wildman–Crippen MR) is 117 cm³/mol. The number of rotatable bonds is 10. The average Bonchev–Trinajstić information content (AvgIpc) is 2.77. The highest BCUT2D eigenvalue weighted by molar-refractivity contribution is 5.82. The number of carbonyl (C=O) groups is 2. The van der Waals surface area contributed by atoms with Crippen LogP contribution in [0.5, 0.6) is 11.5 Å². The molecule has 0 spiro atoms. The molecule has 6 nitrogen and oxygen atoms in total. The van der Waals surface area contributed by atoms with E-state index in [0.717, 1.165) is 16.7 Å². The molecule has 0 fully saturated rings. The van der Waals surface area contributed by atoms with Crippen LogP contribution in [0.4, 0.5) is 0 Å². The number of hydrogen-bond acceptors (Lipinski definition) is 4. The molecule has 2 N–H and O–H groups in total. The van der Waals surface area contributed by atoms with Crippen LogP contribution < -0.4 is 14.8 Å². The first kappa shape index (κ1) is 21.9. The second-order valence-electron chi connectivity index (χ2n) is 7.13. The highest BCUT2D eigenvalue weighted by atomic mass is 16.5. The molecule has 1 amide bonds. The fraction of sp³-hybridized carbons (Fsp3) is 0.200. The van der Waals surface area contributed by atoms with E-state index in [1.165, 1.54) is 6.92 Å². The van der Waals surface area contributed by atoms with E-state index in [4.69, 9.17) is 9.47 Å². The summed E-state index contributed by atoms with van der Waals surface area (Å²) in [6, 6.07) is 23.8. The van der Waals surface area contributed by atoms with E-state index in [1.54, 1.807) is 18.2 Å². The molecule has 0 unspecified atom stereocenters. The standard InChI is InChI=1S/C25H25NO5/c1-18(27)26-22(25(28)29)14-21-12-13-23(30-16-19-8-4-2-5-9-19)24(15-21)31-17-20-10-6-3-7-11-20/h2-13,15,22H,14,16-17H2,1H3,(H,26,27)(H,28,29)/t22-/m1/s1. The van der Waals surface area contributed by atoms with Crippen LogP contribution in [-0.2, 0) is 29.2 Å². The minimum absolute atomic E-state index is 0.134. The number of carbonyl (C=O) groups excluding carboxylic acids is 1. The molecule has 160 valence electrons. The average molecular weight is 419 g/mol. The maximum Gasteiger partial charge on any atom is 0.326 e. The van der Waals surface area contributed by atoms with Gasteiger partial charge in [0.25, 0.3) is 0 Å². The molecular weight excluding hydrogens is 394 g/mol. The van der Waals surface area contributed by atoms with Crippen molar-refractivity contribution in [3.63, 3.8) is 0 Å². The van der Waals surface area contributed by atoms with Crippen LogP contribution in [0.1, 0.15) is 23.6 Å². The third-order valence-corrected chi connectivity index (χ3v) is 4.60. The lowest BCUT2D eigenvalue weighted by Gasteiger charge is -2.17. The van der Waals surface area contributed by atoms with Crippen molar-refractivity contribution in [1.82, 2.24) is 5.32 Å². The lowest BCUT2D eigenvalue weighted by molar-refractivity contribution is -0.141. The van der Waals surface area contributed by atoms with Crippen LogP contribution in [0.3, 0.4) is 0 Å². The summed E-state index contributed by atoms with van der Waals surface area (Å²) in [5, 5.41) is 11.9. The molecule has 0 radical (unpaired) electrons. The molecule has 3 rings (SSSR count). The third-order valence-electron chi connectivity index (χ3n) is 4.60. The SMILES string of the molecule is CC(=O)N[C@H](Cc1ccc(OCc2ccccc2)c(OCc2ccccc2)c1)C(=O)O. The number of benzene rings is 3. The smallest absolute Gasteiger partial charge is 0.326 e. The Kier molecular flexibility index (Phi) is 7.65. The van der Waals surface area contributed by atoms with Crippen molar-refractivity contribution < 1.29 is 24.2 Å². The number of hydrogen-bond donors (Lipinski definition) is 2. The molecule has 31 heavy (non-hydrogen) atoms. The summed E-state index contributed by atoms with van der Waals surface area (Å²) in [7, 11) is 0. The van der Waals surface area contributed by atoms with E-state index >= 15 is 0 Å². The van der Waals surface area contributed by atoms with Crippen molar-refractivity contribution in [3.05, 3.63) is 95.6 Å². The van der Waals surface area contributed by atoms with Gasteiger partial charge in [0.05, 0.1) is 0 Å². The van der Waals surface area contributed by atoms with Gasteiger partial charge >= 0.3 is 5.97 Å². The lowest BCUT2D eigenvalue weighted by atomic mass is 10.1. The largest absolute Gasteiger partial charge is 0.485 e. The quantitative estimate of drug-likeness (QED) is 0.519. The van der Waals surface area contributed by atoms with Gasteiger partial charge in [-0.25, -0.2) is 4.79 Å². The Balaban J connectivity index is 1.79. The summed E-state index contributed by atoms with van der Waals surface area (Å²) in [5.74, 6) is -0.402. The van der Waals surface area contributed by atoms with Gasteiger partial charge in [0.15, 0.2) is 11.5 Å². The molecule has 0 aliphatic carbocycles.